The molecular weight excluding hydrogens is 330 g/mol. The summed E-state index contributed by atoms with van der Waals surface area (Å²) in [6.07, 6.45) is 3.88. The minimum Gasteiger partial charge on any atom is -0.357 e. The summed E-state index contributed by atoms with van der Waals surface area (Å²) < 4.78 is 0. The van der Waals surface area contributed by atoms with Crippen LogP contribution in [0.2, 0.25) is 0 Å². The van der Waals surface area contributed by atoms with Gasteiger partial charge in [-0.15, -0.1) is 0 Å². The smallest absolute Gasteiger partial charge is 0.269 e. The number of benzene rings is 1. The van der Waals surface area contributed by atoms with Crippen molar-refractivity contribution in [3.63, 3.8) is 0 Å². The predicted octanol–water partition coefficient (Wildman–Crippen LogP) is 2.91. The molecule has 2 N–H and O–H groups in total. The molecule has 0 aliphatic carbocycles. The highest BCUT2D eigenvalue weighted by Gasteiger charge is 2.27. The lowest BCUT2D eigenvalue weighted by Crippen LogP contribution is -2.54. The number of guanidine groups is 1. The highest BCUT2D eigenvalue weighted by atomic mass is 16.6. The minimum atomic E-state index is -0.388. The minimum absolute atomic E-state index is 0.0734. The molecule has 2 rings (SSSR count). The summed E-state index contributed by atoms with van der Waals surface area (Å²) in [6.45, 7) is 11.0. The lowest BCUT2D eigenvalue weighted by Gasteiger charge is -2.41. The number of non-ortho nitro benzene ring substituents is 1. The number of rotatable bonds is 7. The van der Waals surface area contributed by atoms with Gasteiger partial charge in [0.05, 0.1) is 11.5 Å². The molecule has 1 fully saturated rings. The van der Waals surface area contributed by atoms with Crippen LogP contribution >= 0.6 is 0 Å². The second-order valence-corrected chi connectivity index (χ2v) is 7.33. The molecule has 7 nitrogen and oxygen atoms in total. The molecule has 1 aliphatic heterocycles. The van der Waals surface area contributed by atoms with Crippen molar-refractivity contribution in [2.75, 3.05) is 26.2 Å². The summed E-state index contributed by atoms with van der Waals surface area (Å²) in [4.78, 5) is 17.5. The fourth-order valence-corrected chi connectivity index (χ4v) is 3.15. The Balaban J connectivity index is 1.94. The first-order chi connectivity index (χ1) is 12.4. The van der Waals surface area contributed by atoms with Crippen LogP contribution in [0.15, 0.2) is 29.3 Å². The van der Waals surface area contributed by atoms with Gasteiger partial charge >= 0.3 is 0 Å². The van der Waals surface area contributed by atoms with Gasteiger partial charge < -0.3 is 10.6 Å². The molecule has 0 bridgehead atoms. The van der Waals surface area contributed by atoms with Gasteiger partial charge in [-0.25, -0.2) is 4.99 Å². The van der Waals surface area contributed by atoms with E-state index in [0.717, 1.165) is 37.7 Å². The van der Waals surface area contributed by atoms with Crippen molar-refractivity contribution in [3.05, 3.63) is 39.9 Å². The molecule has 0 spiro atoms. The topological polar surface area (TPSA) is 82.8 Å². The lowest BCUT2D eigenvalue weighted by molar-refractivity contribution is -0.384. The summed E-state index contributed by atoms with van der Waals surface area (Å²) in [6, 6.07) is 6.54. The maximum atomic E-state index is 10.7. The van der Waals surface area contributed by atoms with Crippen LogP contribution in [-0.4, -0.2) is 47.5 Å². The fraction of sp³-hybridized carbons (Fsp3) is 0.632. The van der Waals surface area contributed by atoms with Crippen molar-refractivity contribution in [1.82, 2.24) is 15.5 Å². The fourth-order valence-electron chi connectivity index (χ4n) is 3.15. The quantitative estimate of drug-likeness (QED) is 0.338. The molecular formula is C19H31N5O2. The van der Waals surface area contributed by atoms with E-state index in [1.807, 2.05) is 6.92 Å². The normalized spacial score (nSPS) is 16.3. The van der Waals surface area contributed by atoms with Gasteiger partial charge in [-0.2, -0.15) is 0 Å². The molecule has 26 heavy (non-hydrogen) atoms. The zero-order valence-electron chi connectivity index (χ0n) is 16.1. The van der Waals surface area contributed by atoms with E-state index in [4.69, 9.17) is 0 Å². The molecule has 1 saturated heterocycles. The largest absolute Gasteiger partial charge is 0.357 e. The third-order valence-corrected chi connectivity index (χ3v) is 4.81. The van der Waals surface area contributed by atoms with Gasteiger partial charge in [0.2, 0.25) is 0 Å². The van der Waals surface area contributed by atoms with E-state index in [1.165, 1.54) is 31.4 Å². The molecule has 0 atom stereocenters. The van der Waals surface area contributed by atoms with E-state index in [0.29, 0.717) is 6.54 Å². The number of nitro groups is 1. The van der Waals surface area contributed by atoms with Crippen molar-refractivity contribution in [2.24, 2.45) is 4.99 Å². The van der Waals surface area contributed by atoms with Crippen LogP contribution in [-0.2, 0) is 6.54 Å². The van der Waals surface area contributed by atoms with Crippen molar-refractivity contribution < 1.29 is 4.92 Å². The van der Waals surface area contributed by atoms with Crippen LogP contribution in [0.25, 0.3) is 0 Å². The Hall–Kier alpha value is -2.15. The van der Waals surface area contributed by atoms with Crippen LogP contribution < -0.4 is 10.6 Å². The molecule has 0 saturated carbocycles. The summed E-state index contributed by atoms with van der Waals surface area (Å²) in [5.41, 5.74) is 1.12. The van der Waals surface area contributed by atoms with Crippen LogP contribution in [0.4, 0.5) is 5.69 Å². The van der Waals surface area contributed by atoms with Crippen LogP contribution in [0.3, 0.4) is 0 Å². The Bertz CT molecular complexity index is 607. The average molecular weight is 361 g/mol. The Morgan fingerprint density at radius 1 is 1.19 bits per heavy atom. The predicted molar refractivity (Wildman–Crippen MR) is 105 cm³/mol. The molecule has 0 unspecified atom stereocenters. The monoisotopic (exact) mass is 361 g/mol. The third-order valence-electron chi connectivity index (χ3n) is 4.81. The number of piperidine rings is 1. The molecule has 0 radical (unpaired) electrons. The first kappa shape index (κ1) is 20.2. The Morgan fingerprint density at radius 3 is 2.42 bits per heavy atom. The maximum absolute atomic E-state index is 10.7. The third kappa shape index (κ3) is 5.98. The van der Waals surface area contributed by atoms with Gasteiger partial charge in [-0.05, 0) is 52.3 Å². The Labute approximate surface area is 156 Å². The summed E-state index contributed by atoms with van der Waals surface area (Å²) >= 11 is 0. The number of hydrogen-bond acceptors (Lipinski definition) is 4. The zero-order chi connectivity index (χ0) is 19.0. The molecule has 0 amide bonds. The Morgan fingerprint density at radius 2 is 1.85 bits per heavy atom. The van der Waals surface area contributed by atoms with Gasteiger partial charge in [0.25, 0.3) is 5.69 Å². The van der Waals surface area contributed by atoms with Gasteiger partial charge in [-0.3, -0.25) is 15.0 Å². The molecule has 1 aromatic rings. The second kappa shape index (κ2) is 9.52. The summed E-state index contributed by atoms with van der Waals surface area (Å²) in [7, 11) is 0. The number of aliphatic imine (C=N–C) groups is 1. The highest BCUT2D eigenvalue weighted by molar-refractivity contribution is 5.79. The van der Waals surface area contributed by atoms with Gasteiger partial charge in [0.1, 0.15) is 0 Å². The maximum Gasteiger partial charge on any atom is 0.269 e. The summed E-state index contributed by atoms with van der Waals surface area (Å²) in [5, 5.41) is 17.4. The van der Waals surface area contributed by atoms with Crippen molar-refractivity contribution in [1.29, 1.82) is 0 Å². The second-order valence-electron chi connectivity index (χ2n) is 7.33. The number of nitro benzene ring substituents is 1. The number of likely N-dealkylation sites (tertiary alicyclic amines) is 1. The van der Waals surface area contributed by atoms with Gasteiger partial charge in [-0.1, -0.05) is 18.6 Å². The lowest BCUT2D eigenvalue weighted by atomic mass is 9.98. The van der Waals surface area contributed by atoms with Gasteiger partial charge in [0.15, 0.2) is 5.96 Å². The van der Waals surface area contributed by atoms with Crippen molar-refractivity contribution in [2.45, 2.75) is 52.1 Å². The van der Waals surface area contributed by atoms with Crippen LogP contribution in [0.1, 0.15) is 45.6 Å². The molecule has 0 aromatic heterocycles. The van der Waals surface area contributed by atoms with E-state index in [1.54, 1.807) is 12.1 Å². The summed E-state index contributed by atoms with van der Waals surface area (Å²) in [5.74, 6) is 0.774. The van der Waals surface area contributed by atoms with Crippen molar-refractivity contribution in [3.8, 4) is 0 Å². The molecule has 144 valence electrons. The van der Waals surface area contributed by atoms with E-state index in [9.17, 15) is 10.1 Å². The zero-order valence-corrected chi connectivity index (χ0v) is 16.1. The Kier molecular flexibility index (Phi) is 7.38. The average Bonchev–Trinajstić information content (AvgIpc) is 2.65. The standard InChI is InChI=1S/C19H31N5O2/c1-4-20-18(21-14-16-8-10-17(11-9-16)24(25)26)22-15-19(2,3)23-12-6-5-7-13-23/h8-11H,4-7,12-15H2,1-3H3,(H2,20,21,22). The van der Waals surface area contributed by atoms with Crippen LogP contribution in [0, 0.1) is 10.1 Å². The molecule has 1 aromatic carbocycles. The number of nitrogens with zero attached hydrogens (tertiary/aromatic N) is 3. The number of nitrogens with one attached hydrogen (secondary N) is 2. The molecule has 1 aliphatic rings. The molecule has 1 heterocycles. The van der Waals surface area contributed by atoms with Gasteiger partial charge in [0, 0.05) is 30.8 Å². The van der Waals surface area contributed by atoms with Crippen LogP contribution in [0.5, 0.6) is 0 Å². The first-order valence-corrected chi connectivity index (χ1v) is 9.43. The van der Waals surface area contributed by atoms with E-state index in [-0.39, 0.29) is 16.1 Å². The SMILES string of the molecule is CCNC(=NCc1ccc([N+](=O)[O-])cc1)NCC(C)(C)N1CCCCC1. The van der Waals surface area contributed by atoms with E-state index >= 15 is 0 Å². The van der Waals surface area contributed by atoms with E-state index in [2.05, 4.69) is 34.4 Å². The molecule has 7 heteroatoms. The highest BCUT2D eigenvalue weighted by Crippen LogP contribution is 2.19. The van der Waals surface area contributed by atoms with E-state index < -0.39 is 0 Å². The van der Waals surface area contributed by atoms with Crippen molar-refractivity contribution >= 4 is 11.6 Å². The first-order valence-electron chi connectivity index (χ1n) is 9.43. The number of hydrogen-bond donors (Lipinski definition) is 2.